The van der Waals surface area contributed by atoms with Crippen molar-refractivity contribution < 1.29 is 8.42 Å². The van der Waals surface area contributed by atoms with E-state index in [1.54, 1.807) is 22.0 Å². The van der Waals surface area contributed by atoms with E-state index in [9.17, 15) is 8.42 Å². The molecule has 1 aliphatic carbocycles. The van der Waals surface area contributed by atoms with Crippen LogP contribution in [-0.2, 0) is 28.6 Å². The minimum Gasteiger partial charge on any atom is -0.353 e. The lowest BCUT2D eigenvalue weighted by Crippen LogP contribution is -2.49. The van der Waals surface area contributed by atoms with Gasteiger partial charge in [-0.25, -0.2) is 18.4 Å². The Kier molecular flexibility index (Phi) is 5.01. The minimum absolute atomic E-state index is 0.0592. The van der Waals surface area contributed by atoms with Crippen LogP contribution in [0.25, 0.3) is 10.2 Å². The van der Waals surface area contributed by atoms with Crippen LogP contribution in [0, 0.1) is 0 Å². The van der Waals surface area contributed by atoms with Crippen LogP contribution in [0.2, 0.25) is 0 Å². The highest BCUT2D eigenvalue weighted by atomic mass is 32.2. The van der Waals surface area contributed by atoms with Gasteiger partial charge >= 0.3 is 0 Å². The van der Waals surface area contributed by atoms with E-state index in [4.69, 9.17) is 0 Å². The number of hydrogen-bond acceptors (Lipinski definition) is 6. The first-order valence-corrected chi connectivity index (χ1v) is 12.6. The molecule has 1 aliphatic heterocycles. The second-order valence-electron chi connectivity index (χ2n) is 7.72. The molecule has 1 saturated heterocycles. The zero-order valence-electron chi connectivity index (χ0n) is 16.2. The normalized spacial score (nSPS) is 18.1. The van der Waals surface area contributed by atoms with Gasteiger partial charge in [-0.1, -0.05) is 30.3 Å². The van der Waals surface area contributed by atoms with Crippen molar-refractivity contribution in [3.63, 3.8) is 0 Å². The van der Waals surface area contributed by atoms with Crippen LogP contribution in [-0.4, -0.2) is 48.9 Å². The number of piperazine rings is 1. The Labute approximate surface area is 175 Å². The number of thiophene rings is 1. The Bertz CT molecular complexity index is 1120. The second kappa shape index (κ2) is 7.66. The second-order valence-corrected chi connectivity index (χ2v) is 10.8. The molecule has 0 bridgehead atoms. The lowest BCUT2D eigenvalue weighted by atomic mass is 9.97. The average molecular weight is 429 g/mol. The number of aryl methyl sites for hydroxylation is 2. The molecule has 0 atom stereocenters. The molecule has 0 amide bonds. The van der Waals surface area contributed by atoms with Gasteiger partial charge in [0.05, 0.1) is 11.1 Å². The lowest BCUT2D eigenvalue weighted by Gasteiger charge is -2.35. The van der Waals surface area contributed by atoms with Gasteiger partial charge in [0.25, 0.3) is 0 Å². The fourth-order valence-corrected chi connectivity index (χ4v) is 7.11. The summed E-state index contributed by atoms with van der Waals surface area (Å²) in [5.74, 6) is 1.04. The standard InChI is InChI=1S/C21H24N4O2S2/c26-29(27,14-16-6-2-1-3-7-16)25-12-10-24(11-13-25)20-19-17-8-4-5-9-18(17)28-21(19)23-15-22-20/h1-3,6-7,15H,4-5,8-14H2. The van der Waals surface area contributed by atoms with Gasteiger partial charge in [0.2, 0.25) is 10.0 Å². The van der Waals surface area contributed by atoms with E-state index in [0.717, 1.165) is 29.1 Å². The SMILES string of the molecule is O=S(=O)(Cc1ccccc1)N1CCN(c2ncnc3sc4c(c23)CCCC4)CC1. The van der Waals surface area contributed by atoms with Gasteiger partial charge < -0.3 is 4.90 Å². The van der Waals surface area contributed by atoms with E-state index < -0.39 is 10.0 Å². The molecule has 2 aromatic heterocycles. The summed E-state index contributed by atoms with van der Waals surface area (Å²) >= 11 is 1.80. The number of nitrogens with zero attached hydrogens (tertiary/aromatic N) is 4. The predicted molar refractivity (Wildman–Crippen MR) is 117 cm³/mol. The largest absolute Gasteiger partial charge is 0.353 e. The first-order valence-electron chi connectivity index (χ1n) is 10.1. The van der Waals surface area contributed by atoms with E-state index in [-0.39, 0.29) is 5.75 Å². The Morgan fingerprint density at radius 3 is 2.52 bits per heavy atom. The number of aromatic nitrogens is 2. The monoisotopic (exact) mass is 428 g/mol. The highest BCUT2D eigenvalue weighted by molar-refractivity contribution is 7.88. The average Bonchev–Trinajstić information content (AvgIpc) is 3.13. The summed E-state index contributed by atoms with van der Waals surface area (Å²) in [5.41, 5.74) is 2.25. The maximum atomic E-state index is 12.8. The molecule has 8 heteroatoms. The van der Waals surface area contributed by atoms with Gasteiger partial charge in [0.1, 0.15) is 17.0 Å². The Morgan fingerprint density at radius 2 is 1.72 bits per heavy atom. The molecule has 152 valence electrons. The molecular formula is C21H24N4O2S2. The molecule has 1 fully saturated rings. The van der Waals surface area contributed by atoms with Crippen molar-refractivity contribution in [1.29, 1.82) is 0 Å². The van der Waals surface area contributed by atoms with E-state index in [2.05, 4.69) is 14.9 Å². The molecule has 0 spiro atoms. The maximum absolute atomic E-state index is 12.8. The number of benzene rings is 1. The Balaban J connectivity index is 1.35. The van der Waals surface area contributed by atoms with Crippen LogP contribution in [0.4, 0.5) is 5.82 Å². The number of hydrogen-bond donors (Lipinski definition) is 0. The van der Waals surface area contributed by atoms with Gasteiger partial charge in [-0.15, -0.1) is 11.3 Å². The van der Waals surface area contributed by atoms with E-state index in [1.807, 2.05) is 30.3 Å². The summed E-state index contributed by atoms with van der Waals surface area (Å²) in [4.78, 5) is 13.9. The van der Waals surface area contributed by atoms with Crippen molar-refractivity contribution in [3.8, 4) is 0 Å². The van der Waals surface area contributed by atoms with Crippen molar-refractivity contribution >= 4 is 37.4 Å². The topological polar surface area (TPSA) is 66.4 Å². The summed E-state index contributed by atoms with van der Waals surface area (Å²) in [6, 6.07) is 9.40. The highest BCUT2D eigenvalue weighted by Crippen LogP contribution is 2.39. The molecule has 1 aromatic carbocycles. The molecule has 3 heterocycles. The van der Waals surface area contributed by atoms with Gasteiger partial charge in [-0.05, 0) is 36.8 Å². The lowest BCUT2D eigenvalue weighted by molar-refractivity contribution is 0.383. The quantitative estimate of drug-likeness (QED) is 0.638. The van der Waals surface area contributed by atoms with Crippen LogP contribution in [0.3, 0.4) is 0 Å². The van der Waals surface area contributed by atoms with Gasteiger partial charge in [0, 0.05) is 31.1 Å². The molecule has 5 rings (SSSR count). The predicted octanol–water partition coefficient (Wildman–Crippen LogP) is 3.22. The third-order valence-electron chi connectivity index (χ3n) is 5.85. The van der Waals surface area contributed by atoms with Crippen LogP contribution in [0.5, 0.6) is 0 Å². The van der Waals surface area contributed by atoms with Crippen molar-refractivity contribution in [2.24, 2.45) is 0 Å². The van der Waals surface area contributed by atoms with E-state index in [1.165, 1.54) is 28.7 Å². The van der Waals surface area contributed by atoms with Crippen LogP contribution in [0.1, 0.15) is 28.8 Å². The number of sulfonamides is 1. The fourth-order valence-electron chi connectivity index (χ4n) is 4.37. The van der Waals surface area contributed by atoms with Crippen LogP contribution < -0.4 is 4.90 Å². The fraction of sp³-hybridized carbons (Fsp3) is 0.429. The number of rotatable bonds is 4. The molecule has 29 heavy (non-hydrogen) atoms. The third kappa shape index (κ3) is 3.65. The summed E-state index contributed by atoms with van der Waals surface area (Å²) in [5, 5.41) is 1.20. The van der Waals surface area contributed by atoms with Crippen molar-refractivity contribution in [3.05, 3.63) is 52.7 Å². The van der Waals surface area contributed by atoms with Crippen LogP contribution >= 0.6 is 11.3 Å². The smallest absolute Gasteiger partial charge is 0.218 e. The van der Waals surface area contributed by atoms with Gasteiger partial charge in [-0.2, -0.15) is 4.31 Å². The highest BCUT2D eigenvalue weighted by Gasteiger charge is 2.29. The van der Waals surface area contributed by atoms with E-state index >= 15 is 0 Å². The van der Waals surface area contributed by atoms with Gasteiger partial charge in [-0.3, -0.25) is 0 Å². The molecular weight excluding hydrogens is 404 g/mol. The molecule has 0 saturated carbocycles. The van der Waals surface area contributed by atoms with Gasteiger partial charge in [0.15, 0.2) is 0 Å². The zero-order chi connectivity index (χ0) is 19.8. The molecule has 0 N–H and O–H groups in total. The molecule has 0 unspecified atom stereocenters. The van der Waals surface area contributed by atoms with Crippen molar-refractivity contribution in [1.82, 2.24) is 14.3 Å². The summed E-state index contributed by atoms with van der Waals surface area (Å²) in [7, 11) is -3.31. The van der Waals surface area contributed by atoms with E-state index in [0.29, 0.717) is 26.2 Å². The zero-order valence-corrected chi connectivity index (χ0v) is 17.9. The maximum Gasteiger partial charge on any atom is 0.218 e. The number of fused-ring (bicyclic) bond motifs is 3. The third-order valence-corrected chi connectivity index (χ3v) is 8.90. The minimum atomic E-state index is -3.31. The molecule has 3 aromatic rings. The Hall–Kier alpha value is -2.03. The molecule has 2 aliphatic rings. The first-order chi connectivity index (χ1) is 14.1. The van der Waals surface area contributed by atoms with Crippen molar-refractivity contribution in [2.45, 2.75) is 31.4 Å². The number of anilines is 1. The summed E-state index contributed by atoms with van der Waals surface area (Å²) in [6.45, 7) is 2.30. The first kappa shape index (κ1) is 19.0. The summed E-state index contributed by atoms with van der Waals surface area (Å²) in [6.07, 6.45) is 6.36. The summed E-state index contributed by atoms with van der Waals surface area (Å²) < 4.78 is 27.3. The van der Waals surface area contributed by atoms with Crippen LogP contribution in [0.15, 0.2) is 36.7 Å². The molecule has 6 nitrogen and oxygen atoms in total. The Morgan fingerprint density at radius 1 is 0.966 bits per heavy atom. The molecule has 0 radical (unpaired) electrons. The van der Waals surface area contributed by atoms with Crippen molar-refractivity contribution in [2.75, 3.05) is 31.1 Å².